The Hall–Kier alpha value is -3.68. The molecule has 2 heterocycles. The zero-order valence-electron chi connectivity index (χ0n) is 14.8. The number of carbonyl (C=O) groups is 1. The van der Waals surface area contributed by atoms with Gasteiger partial charge in [-0.3, -0.25) is 4.79 Å². The Morgan fingerprint density at radius 1 is 1.15 bits per heavy atom. The van der Waals surface area contributed by atoms with Crippen molar-refractivity contribution in [3.63, 3.8) is 0 Å². The lowest BCUT2D eigenvalue weighted by molar-refractivity contribution is -0.113. The Balaban J connectivity index is 1.77. The van der Waals surface area contributed by atoms with Crippen LogP contribution in [0.15, 0.2) is 59.8 Å². The van der Waals surface area contributed by atoms with Gasteiger partial charge in [-0.05, 0) is 53.6 Å². The van der Waals surface area contributed by atoms with E-state index < -0.39 is 6.04 Å². The molecule has 1 atom stereocenters. The molecule has 2 aromatic carbocycles. The number of phenolic OH excluding ortho intramolecular Hbond substituents is 1. The second kappa shape index (κ2) is 6.56. The number of phenols is 1. The monoisotopic (exact) mass is 362 g/mol. The van der Waals surface area contributed by atoms with Crippen molar-refractivity contribution in [2.75, 3.05) is 10.6 Å². The van der Waals surface area contributed by atoms with E-state index in [0.717, 1.165) is 16.8 Å². The smallest absolute Gasteiger partial charge is 0.255 e. The van der Waals surface area contributed by atoms with Gasteiger partial charge in [-0.15, -0.1) is 0 Å². The molecule has 0 spiro atoms. The predicted octanol–water partition coefficient (Wildman–Crippen LogP) is 2.61. The maximum Gasteiger partial charge on any atom is 0.255 e. The number of aryl methyl sites for hydroxylation is 1. The van der Waals surface area contributed by atoms with Crippen molar-refractivity contribution >= 4 is 17.5 Å². The summed E-state index contributed by atoms with van der Waals surface area (Å²) in [6.07, 6.45) is 0. The van der Waals surface area contributed by atoms with Crippen LogP contribution in [-0.2, 0) is 4.79 Å². The van der Waals surface area contributed by atoms with Gasteiger partial charge in [0.15, 0.2) is 0 Å². The number of allylic oxidation sites excluding steroid dienone is 1. The lowest BCUT2D eigenvalue weighted by Crippen LogP contribution is -2.31. The molecule has 0 fully saturated rings. The molecule has 3 aromatic rings. The van der Waals surface area contributed by atoms with Crippen LogP contribution < -0.4 is 10.6 Å². The summed E-state index contributed by atoms with van der Waals surface area (Å²) in [5, 5.41) is 27.4. The maximum atomic E-state index is 13.2. The van der Waals surface area contributed by atoms with Gasteiger partial charge >= 0.3 is 0 Å². The molecule has 0 radical (unpaired) electrons. The second-order valence-electron chi connectivity index (χ2n) is 6.37. The Bertz CT molecular complexity index is 1040. The van der Waals surface area contributed by atoms with Crippen LogP contribution in [0.2, 0.25) is 0 Å². The first-order valence-electron chi connectivity index (χ1n) is 8.46. The molecule has 1 aliphatic heterocycles. The summed E-state index contributed by atoms with van der Waals surface area (Å²) in [6.45, 7) is 3.76. The van der Waals surface area contributed by atoms with Crippen molar-refractivity contribution in [1.82, 2.24) is 20.2 Å². The van der Waals surface area contributed by atoms with Crippen LogP contribution in [-0.4, -0.2) is 31.2 Å². The Kier molecular flexibility index (Phi) is 4.08. The van der Waals surface area contributed by atoms with E-state index in [1.807, 2.05) is 38.1 Å². The van der Waals surface area contributed by atoms with Crippen LogP contribution in [0.3, 0.4) is 0 Å². The molecule has 0 saturated heterocycles. The highest BCUT2D eigenvalue weighted by atomic mass is 16.3. The topological polar surface area (TPSA) is 105 Å². The number of fused-ring (bicyclic) bond motifs is 1. The lowest BCUT2D eigenvalue weighted by Gasteiger charge is -2.28. The Morgan fingerprint density at radius 2 is 1.89 bits per heavy atom. The fourth-order valence-electron chi connectivity index (χ4n) is 3.17. The first-order valence-corrected chi connectivity index (χ1v) is 8.46. The minimum atomic E-state index is -0.513. The number of amides is 1. The van der Waals surface area contributed by atoms with Crippen molar-refractivity contribution in [1.29, 1.82) is 0 Å². The molecule has 0 bridgehead atoms. The zero-order valence-corrected chi connectivity index (χ0v) is 14.8. The standard InChI is InChI=1S/C19H18N6O2/c1-11-5-3-4-6-15(11)21-18(27)16-12(2)20-19-22-23-24-25(19)17(16)13-7-9-14(26)10-8-13/h3-10,17,26H,1-2H3,(H,21,27)(H,20,22,24). The normalized spacial score (nSPS) is 15.9. The summed E-state index contributed by atoms with van der Waals surface area (Å²) in [5.41, 5.74) is 3.68. The number of nitrogens with zero attached hydrogens (tertiary/aromatic N) is 4. The molecule has 8 nitrogen and oxygen atoms in total. The van der Waals surface area contributed by atoms with Gasteiger partial charge in [0, 0.05) is 11.4 Å². The third-order valence-electron chi connectivity index (χ3n) is 4.56. The highest BCUT2D eigenvalue weighted by molar-refractivity contribution is 6.06. The average Bonchev–Trinajstić information content (AvgIpc) is 3.11. The van der Waals surface area contributed by atoms with Gasteiger partial charge in [0.2, 0.25) is 5.95 Å². The molecule has 1 unspecified atom stereocenters. The molecule has 8 heteroatoms. The van der Waals surface area contributed by atoms with Gasteiger partial charge in [0.25, 0.3) is 5.91 Å². The summed E-state index contributed by atoms with van der Waals surface area (Å²) in [5.74, 6) is 0.364. The van der Waals surface area contributed by atoms with Gasteiger partial charge in [0.1, 0.15) is 11.8 Å². The lowest BCUT2D eigenvalue weighted by atomic mass is 9.95. The summed E-state index contributed by atoms with van der Waals surface area (Å²) in [4.78, 5) is 13.2. The molecule has 1 amide bonds. The number of tetrazole rings is 1. The summed E-state index contributed by atoms with van der Waals surface area (Å²) < 4.78 is 1.56. The van der Waals surface area contributed by atoms with E-state index in [-0.39, 0.29) is 11.7 Å². The quantitative estimate of drug-likeness (QED) is 0.661. The van der Waals surface area contributed by atoms with E-state index in [1.54, 1.807) is 28.9 Å². The van der Waals surface area contributed by atoms with Gasteiger partial charge in [-0.2, -0.15) is 4.68 Å². The fourth-order valence-corrected chi connectivity index (χ4v) is 3.17. The van der Waals surface area contributed by atoms with Crippen LogP contribution >= 0.6 is 0 Å². The SMILES string of the molecule is CC1=C(C(=O)Nc2ccccc2C)C(c2ccc(O)cc2)n2nnnc2N1. The molecular weight excluding hydrogens is 344 g/mol. The maximum absolute atomic E-state index is 13.2. The number of benzene rings is 2. The van der Waals surface area contributed by atoms with Crippen LogP contribution in [0, 0.1) is 6.92 Å². The van der Waals surface area contributed by atoms with Crippen molar-refractivity contribution in [3.05, 3.63) is 70.9 Å². The molecule has 136 valence electrons. The van der Waals surface area contributed by atoms with Crippen LogP contribution in [0.25, 0.3) is 0 Å². The van der Waals surface area contributed by atoms with Gasteiger partial charge in [-0.25, -0.2) is 0 Å². The molecule has 1 aliphatic rings. The van der Waals surface area contributed by atoms with Gasteiger partial charge in [0.05, 0.1) is 5.57 Å². The number of nitrogens with one attached hydrogen (secondary N) is 2. The van der Waals surface area contributed by atoms with Crippen molar-refractivity contribution in [2.45, 2.75) is 19.9 Å². The highest BCUT2D eigenvalue weighted by Gasteiger charge is 2.34. The number of aromatic nitrogens is 4. The van der Waals surface area contributed by atoms with Crippen LogP contribution in [0.1, 0.15) is 24.1 Å². The summed E-state index contributed by atoms with van der Waals surface area (Å²) in [7, 11) is 0. The Labute approximate surface area is 155 Å². The van der Waals surface area contributed by atoms with Crippen LogP contribution in [0.5, 0.6) is 5.75 Å². The Morgan fingerprint density at radius 3 is 2.63 bits per heavy atom. The number of rotatable bonds is 3. The number of hydrogen-bond acceptors (Lipinski definition) is 6. The van der Waals surface area contributed by atoms with E-state index in [9.17, 15) is 9.90 Å². The van der Waals surface area contributed by atoms with Crippen LogP contribution in [0.4, 0.5) is 11.6 Å². The van der Waals surface area contributed by atoms with E-state index >= 15 is 0 Å². The third-order valence-corrected chi connectivity index (χ3v) is 4.56. The molecule has 27 heavy (non-hydrogen) atoms. The molecule has 3 N–H and O–H groups in total. The third kappa shape index (κ3) is 3.01. The first kappa shape index (κ1) is 16.8. The van der Waals surface area contributed by atoms with Crippen molar-refractivity contribution < 1.29 is 9.90 Å². The van der Waals surface area contributed by atoms with E-state index in [4.69, 9.17) is 0 Å². The largest absolute Gasteiger partial charge is 0.508 e. The van der Waals surface area contributed by atoms with E-state index in [0.29, 0.717) is 17.2 Å². The molecule has 4 rings (SSSR count). The number of aromatic hydroxyl groups is 1. The van der Waals surface area contributed by atoms with Gasteiger partial charge < -0.3 is 15.7 Å². The minimum Gasteiger partial charge on any atom is -0.508 e. The summed E-state index contributed by atoms with van der Waals surface area (Å²) in [6, 6.07) is 13.7. The van der Waals surface area contributed by atoms with E-state index in [1.165, 1.54) is 0 Å². The average molecular weight is 362 g/mol. The highest BCUT2D eigenvalue weighted by Crippen LogP contribution is 2.35. The second-order valence-corrected chi connectivity index (χ2v) is 6.37. The zero-order chi connectivity index (χ0) is 19.0. The van der Waals surface area contributed by atoms with Crippen molar-refractivity contribution in [2.24, 2.45) is 0 Å². The number of carbonyl (C=O) groups excluding carboxylic acids is 1. The fraction of sp³-hybridized carbons (Fsp3) is 0.158. The van der Waals surface area contributed by atoms with Crippen molar-refractivity contribution in [3.8, 4) is 5.75 Å². The number of para-hydroxylation sites is 1. The van der Waals surface area contributed by atoms with Gasteiger partial charge in [-0.1, -0.05) is 35.4 Å². The molecule has 1 aromatic heterocycles. The molecule has 0 saturated carbocycles. The van der Waals surface area contributed by atoms with E-state index in [2.05, 4.69) is 26.2 Å². The number of hydrogen-bond donors (Lipinski definition) is 3. The summed E-state index contributed by atoms with van der Waals surface area (Å²) >= 11 is 0. The minimum absolute atomic E-state index is 0.149. The first-order chi connectivity index (χ1) is 13.0. The predicted molar refractivity (Wildman–Crippen MR) is 100 cm³/mol. The molecular formula is C19H18N6O2. The molecule has 0 aliphatic carbocycles. The number of anilines is 2.